The van der Waals surface area contributed by atoms with Crippen LogP contribution in [-0.4, -0.2) is 7.05 Å². The van der Waals surface area contributed by atoms with Crippen LogP contribution >= 0.6 is 11.6 Å². The summed E-state index contributed by atoms with van der Waals surface area (Å²) >= 11 is 5.80. The van der Waals surface area contributed by atoms with E-state index in [4.69, 9.17) is 11.6 Å². The first kappa shape index (κ1) is 14.5. The number of halogens is 2. The zero-order valence-electron chi connectivity index (χ0n) is 10.8. The van der Waals surface area contributed by atoms with Gasteiger partial charge in [0.25, 0.3) is 0 Å². The Hall–Kier alpha value is -0.600. The van der Waals surface area contributed by atoms with Crippen LogP contribution in [0.5, 0.6) is 0 Å². The molecular formula is C14H21ClFN. The van der Waals surface area contributed by atoms with Crippen molar-refractivity contribution in [2.24, 2.45) is 5.92 Å². The van der Waals surface area contributed by atoms with Crippen molar-refractivity contribution in [2.75, 3.05) is 7.05 Å². The molecule has 1 aromatic carbocycles. The zero-order valence-corrected chi connectivity index (χ0v) is 11.5. The topological polar surface area (TPSA) is 12.0 Å². The molecule has 0 aliphatic rings. The third-order valence-electron chi connectivity index (χ3n) is 2.98. The Morgan fingerprint density at radius 2 is 2.00 bits per heavy atom. The van der Waals surface area contributed by atoms with Gasteiger partial charge >= 0.3 is 0 Å². The van der Waals surface area contributed by atoms with E-state index in [1.165, 1.54) is 6.42 Å². The first-order chi connectivity index (χ1) is 8.06. The summed E-state index contributed by atoms with van der Waals surface area (Å²) in [7, 11) is 1.86. The number of nitrogens with one attached hydrogen (secondary N) is 1. The van der Waals surface area contributed by atoms with E-state index in [1.807, 2.05) is 7.05 Å². The second-order valence-electron chi connectivity index (χ2n) is 4.81. The van der Waals surface area contributed by atoms with Crippen molar-refractivity contribution < 1.29 is 4.39 Å². The second kappa shape index (κ2) is 6.97. The molecule has 0 saturated carbocycles. The molecule has 0 aromatic heterocycles. The minimum atomic E-state index is -0.293. The molecule has 1 nitrogen and oxygen atoms in total. The van der Waals surface area contributed by atoms with Crippen molar-refractivity contribution in [3.05, 3.63) is 34.6 Å². The van der Waals surface area contributed by atoms with Gasteiger partial charge in [0.05, 0.1) is 5.02 Å². The van der Waals surface area contributed by atoms with Crippen LogP contribution in [0.15, 0.2) is 18.2 Å². The quantitative estimate of drug-likeness (QED) is 0.787. The molecule has 0 aliphatic heterocycles. The molecule has 0 spiro atoms. The average Bonchev–Trinajstić information content (AvgIpc) is 2.28. The third-order valence-corrected chi connectivity index (χ3v) is 3.27. The zero-order chi connectivity index (χ0) is 12.8. The molecule has 17 heavy (non-hydrogen) atoms. The Labute approximate surface area is 108 Å². The van der Waals surface area contributed by atoms with Crippen LogP contribution < -0.4 is 5.32 Å². The van der Waals surface area contributed by atoms with E-state index in [9.17, 15) is 4.39 Å². The van der Waals surface area contributed by atoms with E-state index in [0.29, 0.717) is 11.5 Å². The molecule has 1 N–H and O–H groups in total. The summed E-state index contributed by atoms with van der Waals surface area (Å²) in [5.74, 6) is 0.398. The molecule has 1 unspecified atom stereocenters. The van der Waals surface area contributed by atoms with Gasteiger partial charge in [-0.2, -0.15) is 0 Å². The van der Waals surface area contributed by atoms with Crippen LogP contribution in [0.4, 0.5) is 4.39 Å². The van der Waals surface area contributed by atoms with Gasteiger partial charge in [0.2, 0.25) is 0 Å². The molecule has 1 atom stereocenters. The molecule has 0 fully saturated rings. The molecule has 96 valence electrons. The van der Waals surface area contributed by atoms with E-state index < -0.39 is 0 Å². The maximum atomic E-state index is 13.9. The van der Waals surface area contributed by atoms with Crippen LogP contribution in [0.3, 0.4) is 0 Å². The Morgan fingerprint density at radius 1 is 1.29 bits per heavy atom. The van der Waals surface area contributed by atoms with Crippen LogP contribution in [0.2, 0.25) is 5.02 Å². The number of benzene rings is 1. The van der Waals surface area contributed by atoms with Crippen molar-refractivity contribution in [3.63, 3.8) is 0 Å². The monoisotopic (exact) mass is 257 g/mol. The number of hydrogen-bond donors (Lipinski definition) is 1. The fraction of sp³-hybridized carbons (Fsp3) is 0.571. The molecule has 0 amide bonds. The van der Waals surface area contributed by atoms with E-state index in [-0.39, 0.29) is 16.9 Å². The summed E-state index contributed by atoms with van der Waals surface area (Å²) in [4.78, 5) is 0. The van der Waals surface area contributed by atoms with E-state index in [0.717, 1.165) is 12.8 Å². The second-order valence-corrected chi connectivity index (χ2v) is 5.22. The Kier molecular flexibility index (Phi) is 5.93. The molecular weight excluding hydrogens is 237 g/mol. The van der Waals surface area contributed by atoms with Gasteiger partial charge in [0.1, 0.15) is 5.82 Å². The van der Waals surface area contributed by atoms with Gasteiger partial charge in [-0.25, -0.2) is 4.39 Å². The minimum Gasteiger partial charge on any atom is -0.313 e. The highest BCUT2D eigenvalue weighted by atomic mass is 35.5. The molecule has 0 aliphatic carbocycles. The summed E-state index contributed by atoms with van der Waals surface area (Å²) in [5, 5.41) is 3.36. The summed E-state index contributed by atoms with van der Waals surface area (Å²) in [6, 6.07) is 5.24. The van der Waals surface area contributed by atoms with Gasteiger partial charge in [0.15, 0.2) is 0 Å². The molecule has 3 heteroatoms. The maximum absolute atomic E-state index is 13.9. The minimum absolute atomic E-state index is 0.0486. The predicted octanol–water partition coefficient (Wildman–Crippen LogP) is 4.57. The van der Waals surface area contributed by atoms with E-state index >= 15 is 0 Å². The lowest BCUT2D eigenvalue weighted by Crippen LogP contribution is -2.18. The normalized spacial score (nSPS) is 13.1. The van der Waals surface area contributed by atoms with Crippen molar-refractivity contribution in [1.29, 1.82) is 0 Å². The number of hydrogen-bond acceptors (Lipinski definition) is 1. The van der Waals surface area contributed by atoms with Crippen LogP contribution in [0, 0.1) is 11.7 Å². The predicted molar refractivity (Wildman–Crippen MR) is 71.9 cm³/mol. The van der Waals surface area contributed by atoms with Crippen molar-refractivity contribution in [1.82, 2.24) is 5.32 Å². The molecule has 1 rings (SSSR count). The molecule has 0 radical (unpaired) electrons. The maximum Gasteiger partial charge on any atom is 0.146 e. The fourth-order valence-electron chi connectivity index (χ4n) is 1.98. The summed E-state index contributed by atoms with van der Waals surface area (Å²) < 4.78 is 13.9. The van der Waals surface area contributed by atoms with Crippen molar-refractivity contribution >= 4 is 11.6 Å². The van der Waals surface area contributed by atoms with Gasteiger partial charge in [-0.3, -0.25) is 0 Å². The molecule has 0 saturated heterocycles. The van der Waals surface area contributed by atoms with E-state index in [1.54, 1.807) is 18.2 Å². The van der Waals surface area contributed by atoms with Crippen molar-refractivity contribution in [3.8, 4) is 0 Å². The highest BCUT2D eigenvalue weighted by Gasteiger charge is 2.15. The van der Waals surface area contributed by atoms with Crippen molar-refractivity contribution in [2.45, 2.75) is 39.2 Å². The lowest BCUT2D eigenvalue weighted by Gasteiger charge is -2.18. The fourth-order valence-corrected chi connectivity index (χ4v) is 2.16. The molecule has 1 aromatic rings. The van der Waals surface area contributed by atoms with Crippen LogP contribution in [0.1, 0.15) is 44.7 Å². The standard InChI is InChI=1S/C14H21ClFN/c1-10(2)6-4-9-13(17-3)11-7-5-8-12(15)14(11)16/h5,7-8,10,13,17H,4,6,9H2,1-3H3. The number of rotatable bonds is 6. The largest absolute Gasteiger partial charge is 0.313 e. The highest BCUT2D eigenvalue weighted by molar-refractivity contribution is 6.30. The lowest BCUT2D eigenvalue weighted by atomic mass is 9.98. The summed E-state index contributed by atoms with van der Waals surface area (Å²) in [5.41, 5.74) is 0.670. The Morgan fingerprint density at radius 3 is 2.59 bits per heavy atom. The average molecular weight is 258 g/mol. The van der Waals surface area contributed by atoms with E-state index in [2.05, 4.69) is 19.2 Å². The summed E-state index contributed by atoms with van der Waals surface area (Å²) in [6.07, 6.45) is 3.20. The van der Waals surface area contributed by atoms with Crippen LogP contribution in [0.25, 0.3) is 0 Å². The van der Waals surface area contributed by atoms with Gasteiger partial charge in [-0.05, 0) is 25.5 Å². The van der Waals surface area contributed by atoms with Gasteiger partial charge in [0, 0.05) is 11.6 Å². The first-order valence-electron chi connectivity index (χ1n) is 6.17. The van der Waals surface area contributed by atoms with Crippen LogP contribution in [-0.2, 0) is 0 Å². The third kappa shape index (κ3) is 4.29. The first-order valence-corrected chi connectivity index (χ1v) is 6.55. The SMILES string of the molecule is CNC(CCCC(C)C)c1cccc(Cl)c1F. The highest BCUT2D eigenvalue weighted by Crippen LogP contribution is 2.26. The van der Waals surface area contributed by atoms with Gasteiger partial charge in [-0.1, -0.05) is 50.4 Å². The lowest BCUT2D eigenvalue weighted by molar-refractivity contribution is 0.456. The molecule has 0 bridgehead atoms. The smallest absolute Gasteiger partial charge is 0.146 e. The molecule has 0 heterocycles. The van der Waals surface area contributed by atoms with Gasteiger partial charge in [-0.15, -0.1) is 0 Å². The Bertz CT molecular complexity index is 352. The van der Waals surface area contributed by atoms with Gasteiger partial charge < -0.3 is 5.32 Å². The Balaban J connectivity index is 2.69. The summed E-state index contributed by atoms with van der Waals surface area (Å²) in [6.45, 7) is 4.41.